The summed E-state index contributed by atoms with van der Waals surface area (Å²) < 4.78 is 1.47. The highest BCUT2D eigenvalue weighted by Gasteiger charge is 2.32. The van der Waals surface area contributed by atoms with Crippen molar-refractivity contribution in [2.24, 2.45) is 0 Å². The van der Waals surface area contributed by atoms with Crippen molar-refractivity contribution in [2.45, 2.75) is 39.3 Å². The monoisotopic (exact) mass is 239 g/mol. The number of nitrogens with one attached hydrogen (secondary N) is 1. The third-order valence-corrected chi connectivity index (χ3v) is 2.83. The lowest BCUT2D eigenvalue weighted by atomic mass is 9.99. The van der Waals surface area contributed by atoms with E-state index in [1.165, 1.54) is 17.7 Å². The van der Waals surface area contributed by atoms with Crippen molar-refractivity contribution in [1.29, 1.82) is 0 Å². The first kappa shape index (κ1) is 13.2. The highest BCUT2D eigenvalue weighted by atomic mass is 16.4. The quantitative estimate of drug-likeness (QED) is 0.798. The van der Waals surface area contributed by atoms with E-state index >= 15 is 0 Å². The van der Waals surface area contributed by atoms with Crippen LogP contribution >= 0.6 is 0 Å². The number of carbonyl (C=O) groups is 1. The van der Waals surface area contributed by atoms with Gasteiger partial charge in [0.25, 0.3) is 5.56 Å². The number of aryl methyl sites for hydroxylation is 1. The van der Waals surface area contributed by atoms with Crippen molar-refractivity contribution in [3.63, 3.8) is 0 Å². The predicted octanol–water partition coefficient (Wildman–Crippen LogP) is 0.928. The molecule has 1 rings (SSSR count). The van der Waals surface area contributed by atoms with E-state index in [1.807, 2.05) is 6.92 Å². The number of rotatable bonds is 5. The molecule has 0 aliphatic carbocycles. The van der Waals surface area contributed by atoms with Crippen LogP contribution in [0.15, 0.2) is 17.2 Å². The van der Waals surface area contributed by atoms with E-state index in [0.717, 1.165) is 0 Å². The molecule has 1 aromatic rings. The molecule has 0 saturated carbocycles. The van der Waals surface area contributed by atoms with Crippen molar-refractivity contribution in [1.82, 2.24) is 9.55 Å². The second-order valence-corrected chi connectivity index (χ2v) is 3.98. The molecule has 1 unspecified atom stereocenters. The van der Waals surface area contributed by atoms with Crippen LogP contribution in [0.25, 0.3) is 0 Å². The third-order valence-electron chi connectivity index (χ3n) is 2.83. The summed E-state index contributed by atoms with van der Waals surface area (Å²) >= 11 is 0. The zero-order valence-electron chi connectivity index (χ0n) is 10.2. The molecule has 1 aromatic heterocycles. The first-order chi connectivity index (χ1) is 7.94. The molecule has 0 bridgehead atoms. The molecule has 0 fully saturated rings. The van der Waals surface area contributed by atoms with Gasteiger partial charge in [-0.05, 0) is 20.3 Å². The molecule has 1 heterocycles. The van der Waals surface area contributed by atoms with Crippen molar-refractivity contribution in [3.05, 3.63) is 22.7 Å². The van der Waals surface area contributed by atoms with Gasteiger partial charge in [0.05, 0.1) is 0 Å². The van der Waals surface area contributed by atoms with Crippen LogP contribution in [0, 0.1) is 0 Å². The molecule has 0 aromatic carbocycles. The first-order valence-electron chi connectivity index (χ1n) is 5.51. The summed E-state index contributed by atoms with van der Waals surface area (Å²) in [7, 11) is 0. The molecule has 2 N–H and O–H groups in total. The fourth-order valence-corrected chi connectivity index (χ4v) is 1.34. The molecule has 94 valence electrons. The number of anilines is 1. The van der Waals surface area contributed by atoms with Gasteiger partial charge in [-0.2, -0.15) is 0 Å². The Balaban J connectivity index is 3.11. The minimum absolute atomic E-state index is 0.0705. The van der Waals surface area contributed by atoms with E-state index in [0.29, 0.717) is 13.0 Å². The average molecular weight is 239 g/mol. The second kappa shape index (κ2) is 4.99. The van der Waals surface area contributed by atoms with E-state index < -0.39 is 11.5 Å². The zero-order valence-corrected chi connectivity index (χ0v) is 10.2. The van der Waals surface area contributed by atoms with E-state index in [9.17, 15) is 9.59 Å². The minimum Gasteiger partial charge on any atom is -0.480 e. The number of aromatic nitrogens is 2. The summed E-state index contributed by atoms with van der Waals surface area (Å²) in [5.41, 5.74) is -1.49. The Morgan fingerprint density at radius 1 is 1.59 bits per heavy atom. The molecule has 0 amide bonds. The van der Waals surface area contributed by atoms with E-state index in [2.05, 4.69) is 10.3 Å². The second-order valence-electron chi connectivity index (χ2n) is 3.98. The topological polar surface area (TPSA) is 84.2 Å². The number of carboxylic acid groups (broad SMARTS) is 1. The van der Waals surface area contributed by atoms with Gasteiger partial charge >= 0.3 is 5.97 Å². The Morgan fingerprint density at radius 2 is 2.24 bits per heavy atom. The van der Waals surface area contributed by atoms with Gasteiger partial charge in [0, 0.05) is 18.9 Å². The van der Waals surface area contributed by atoms with Crippen LogP contribution in [0.5, 0.6) is 0 Å². The highest BCUT2D eigenvalue weighted by molar-refractivity contribution is 5.81. The van der Waals surface area contributed by atoms with E-state index in [-0.39, 0.29) is 11.4 Å². The van der Waals surface area contributed by atoms with Crippen LogP contribution < -0.4 is 10.9 Å². The normalized spacial score (nSPS) is 14.1. The molecule has 0 radical (unpaired) electrons. The largest absolute Gasteiger partial charge is 0.480 e. The average Bonchev–Trinajstić information content (AvgIpc) is 2.31. The molecule has 0 aliphatic rings. The summed E-state index contributed by atoms with van der Waals surface area (Å²) in [6, 6.07) is 0. The van der Waals surface area contributed by atoms with E-state index in [1.54, 1.807) is 13.1 Å². The van der Waals surface area contributed by atoms with Gasteiger partial charge in [-0.3, -0.25) is 4.79 Å². The smallest absolute Gasteiger partial charge is 0.329 e. The third kappa shape index (κ3) is 2.64. The van der Waals surface area contributed by atoms with Gasteiger partial charge in [-0.15, -0.1) is 0 Å². The maximum atomic E-state index is 11.9. The standard InChI is InChI=1S/C11H17N3O3/c1-4-11(3,10(16)17)13-8-9(15)14(5-2)7-6-12-8/h6-7H,4-5H2,1-3H3,(H,12,13)(H,16,17). The molecule has 17 heavy (non-hydrogen) atoms. The Kier molecular flexibility index (Phi) is 3.88. The Morgan fingerprint density at radius 3 is 2.71 bits per heavy atom. The lowest BCUT2D eigenvalue weighted by Crippen LogP contribution is -2.45. The number of carboxylic acids is 1. The minimum atomic E-state index is -1.18. The molecule has 0 saturated heterocycles. The number of hydrogen-bond donors (Lipinski definition) is 2. The number of nitrogens with zero attached hydrogens (tertiary/aromatic N) is 2. The van der Waals surface area contributed by atoms with Crippen molar-refractivity contribution in [2.75, 3.05) is 5.32 Å². The predicted molar refractivity (Wildman–Crippen MR) is 64.1 cm³/mol. The van der Waals surface area contributed by atoms with Gasteiger partial charge in [-0.1, -0.05) is 6.92 Å². The molecule has 6 nitrogen and oxygen atoms in total. The van der Waals surface area contributed by atoms with Gasteiger partial charge in [0.15, 0.2) is 5.82 Å². The Hall–Kier alpha value is -1.85. The Labute approximate surface area is 99.3 Å². The SMILES string of the molecule is CCn1ccnc(NC(C)(CC)C(=O)O)c1=O. The summed E-state index contributed by atoms with van der Waals surface area (Å²) in [6.07, 6.45) is 3.40. The molecular weight excluding hydrogens is 222 g/mol. The lowest BCUT2D eigenvalue weighted by Gasteiger charge is -2.24. The first-order valence-corrected chi connectivity index (χ1v) is 5.51. The molecule has 0 spiro atoms. The van der Waals surface area contributed by atoms with Gasteiger partial charge in [0.2, 0.25) is 0 Å². The maximum absolute atomic E-state index is 11.9. The van der Waals surface area contributed by atoms with E-state index in [4.69, 9.17) is 5.11 Å². The highest BCUT2D eigenvalue weighted by Crippen LogP contribution is 2.14. The van der Waals surface area contributed by atoms with Crippen LogP contribution in [0.4, 0.5) is 5.82 Å². The summed E-state index contributed by atoms with van der Waals surface area (Å²) in [4.78, 5) is 26.9. The van der Waals surface area contributed by atoms with Crippen LogP contribution in [-0.2, 0) is 11.3 Å². The number of aliphatic carboxylic acids is 1. The van der Waals surface area contributed by atoms with Crippen molar-refractivity contribution in [3.8, 4) is 0 Å². The Bertz CT molecular complexity index is 469. The van der Waals surface area contributed by atoms with Gasteiger partial charge in [0.1, 0.15) is 5.54 Å². The summed E-state index contributed by atoms with van der Waals surface area (Å²) in [5, 5.41) is 11.8. The molecule has 1 atom stereocenters. The lowest BCUT2D eigenvalue weighted by molar-refractivity contribution is -0.141. The molecule has 6 heteroatoms. The van der Waals surface area contributed by atoms with Crippen LogP contribution in [0.3, 0.4) is 0 Å². The maximum Gasteiger partial charge on any atom is 0.329 e. The van der Waals surface area contributed by atoms with Crippen LogP contribution in [-0.4, -0.2) is 26.2 Å². The van der Waals surface area contributed by atoms with Gasteiger partial charge < -0.3 is 15.0 Å². The van der Waals surface area contributed by atoms with Crippen LogP contribution in [0.2, 0.25) is 0 Å². The fourth-order valence-electron chi connectivity index (χ4n) is 1.34. The van der Waals surface area contributed by atoms with Crippen molar-refractivity contribution >= 4 is 11.8 Å². The van der Waals surface area contributed by atoms with Gasteiger partial charge in [-0.25, -0.2) is 9.78 Å². The summed E-state index contributed by atoms with van der Waals surface area (Å²) in [5.74, 6) is -0.936. The fraction of sp³-hybridized carbons (Fsp3) is 0.545. The zero-order chi connectivity index (χ0) is 13.1. The van der Waals surface area contributed by atoms with Crippen LogP contribution in [0.1, 0.15) is 27.2 Å². The molecular formula is C11H17N3O3. The van der Waals surface area contributed by atoms with Crippen molar-refractivity contribution < 1.29 is 9.90 Å². The number of hydrogen-bond acceptors (Lipinski definition) is 4. The molecule has 0 aliphatic heterocycles. The summed E-state index contributed by atoms with van der Waals surface area (Å²) in [6.45, 7) is 5.62.